The Hall–Kier alpha value is -0.0800. The van der Waals surface area contributed by atoms with Crippen LogP contribution in [-0.2, 0) is 4.74 Å². The number of hydrogen-bond acceptors (Lipinski definition) is 2. The Labute approximate surface area is 81.0 Å². The van der Waals surface area contributed by atoms with Crippen molar-refractivity contribution < 1.29 is 4.74 Å². The van der Waals surface area contributed by atoms with Gasteiger partial charge in [-0.2, -0.15) is 0 Å². The van der Waals surface area contributed by atoms with Crippen LogP contribution in [0.3, 0.4) is 0 Å². The molecule has 0 aromatic heterocycles. The van der Waals surface area contributed by atoms with Crippen molar-refractivity contribution in [3.63, 3.8) is 0 Å². The first-order valence-electron chi connectivity index (χ1n) is 5.58. The molecule has 0 spiro atoms. The molecule has 2 aliphatic rings. The van der Waals surface area contributed by atoms with Crippen molar-refractivity contribution in [1.29, 1.82) is 0 Å². The second kappa shape index (κ2) is 3.97. The van der Waals surface area contributed by atoms with Gasteiger partial charge in [-0.05, 0) is 30.6 Å². The van der Waals surface area contributed by atoms with E-state index in [4.69, 9.17) is 4.74 Å². The van der Waals surface area contributed by atoms with Crippen LogP contribution in [-0.4, -0.2) is 25.8 Å². The Kier molecular flexibility index (Phi) is 2.89. The SMILES string of the molecule is CC1CC(NCC2CCOC2)C1C. The average Bonchev–Trinajstić information content (AvgIpc) is 2.64. The van der Waals surface area contributed by atoms with Crippen molar-refractivity contribution in [3.8, 4) is 0 Å². The molecule has 0 aromatic rings. The lowest BCUT2D eigenvalue weighted by Gasteiger charge is -2.41. The van der Waals surface area contributed by atoms with E-state index in [2.05, 4.69) is 19.2 Å². The van der Waals surface area contributed by atoms with Crippen LogP contribution in [0, 0.1) is 17.8 Å². The van der Waals surface area contributed by atoms with E-state index in [0.717, 1.165) is 37.0 Å². The molecule has 2 heteroatoms. The molecule has 1 saturated carbocycles. The molecule has 2 rings (SSSR count). The van der Waals surface area contributed by atoms with Crippen molar-refractivity contribution >= 4 is 0 Å². The third-order valence-electron chi connectivity index (χ3n) is 3.85. The van der Waals surface area contributed by atoms with E-state index in [-0.39, 0.29) is 0 Å². The molecule has 1 saturated heterocycles. The molecule has 13 heavy (non-hydrogen) atoms. The fraction of sp³-hybridized carbons (Fsp3) is 1.00. The monoisotopic (exact) mass is 183 g/mol. The Bertz CT molecular complexity index is 165. The predicted molar refractivity (Wildman–Crippen MR) is 53.7 cm³/mol. The van der Waals surface area contributed by atoms with Crippen LogP contribution in [0.4, 0.5) is 0 Å². The van der Waals surface area contributed by atoms with Crippen molar-refractivity contribution in [3.05, 3.63) is 0 Å². The summed E-state index contributed by atoms with van der Waals surface area (Å²) in [6.45, 7) is 7.83. The van der Waals surface area contributed by atoms with Gasteiger partial charge in [-0.15, -0.1) is 0 Å². The quantitative estimate of drug-likeness (QED) is 0.718. The van der Waals surface area contributed by atoms with Crippen LogP contribution < -0.4 is 5.32 Å². The first-order valence-corrected chi connectivity index (χ1v) is 5.58. The maximum atomic E-state index is 5.35. The van der Waals surface area contributed by atoms with Gasteiger partial charge in [-0.25, -0.2) is 0 Å². The van der Waals surface area contributed by atoms with Crippen LogP contribution in [0.1, 0.15) is 26.7 Å². The van der Waals surface area contributed by atoms with Gasteiger partial charge in [-0.3, -0.25) is 0 Å². The Morgan fingerprint density at radius 3 is 2.77 bits per heavy atom. The van der Waals surface area contributed by atoms with Crippen LogP contribution in [0.25, 0.3) is 0 Å². The van der Waals surface area contributed by atoms with E-state index in [9.17, 15) is 0 Å². The summed E-state index contributed by atoms with van der Waals surface area (Å²) < 4.78 is 5.35. The summed E-state index contributed by atoms with van der Waals surface area (Å²) in [5, 5.41) is 3.66. The molecule has 1 N–H and O–H groups in total. The summed E-state index contributed by atoms with van der Waals surface area (Å²) in [7, 11) is 0. The zero-order valence-corrected chi connectivity index (χ0v) is 8.75. The molecule has 4 atom stereocenters. The lowest BCUT2D eigenvalue weighted by Crippen LogP contribution is -2.49. The van der Waals surface area contributed by atoms with Gasteiger partial charge in [0.25, 0.3) is 0 Å². The lowest BCUT2D eigenvalue weighted by molar-refractivity contribution is 0.129. The Morgan fingerprint density at radius 1 is 1.38 bits per heavy atom. The van der Waals surface area contributed by atoms with Crippen molar-refractivity contribution in [2.24, 2.45) is 17.8 Å². The van der Waals surface area contributed by atoms with E-state index in [1.807, 2.05) is 0 Å². The van der Waals surface area contributed by atoms with Crippen LogP contribution >= 0.6 is 0 Å². The number of hydrogen-bond donors (Lipinski definition) is 1. The molecule has 2 nitrogen and oxygen atoms in total. The van der Waals surface area contributed by atoms with Gasteiger partial charge in [0.05, 0.1) is 6.61 Å². The molecular weight excluding hydrogens is 162 g/mol. The molecule has 0 aromatic carbocycles. The maximum Gasteiger partial charge on any atom is 0.0507 e. The fourth-order valence-electron chi connectivity index (χ4n) is 2.36. The molecular formula is C11H21NO. The highest BCUT2D eigenvalue weighted by atomic mass is 16.5. The molecule has 1 aliphatic carbocycles. The van der Waals surface area contributed by atoms with Crippen molar-refractivity contribution in [2.45, 2.75) is 32.7 Å². The summed E-state index contributed by atoms with van der Waals surface area (Å²) in [5.41, 5.74) is 0. The summed E-state index contributed by atoms with van der Waals surface area (Å²) in [5.74, 6) is 2.59. The largest absolute Gasteiger partial charge is 0.381 e. The molecule has 0 bridgehead atoms. The minimum absolute atomic E-state index is 0.781. The molecule has 2 fully saturated rings. The highest BCUT2D eigenvalue weighted by Gasteiger charge is 2.34. The molecule has 0 amide bonds. The van der Waals surface area contributed by atoms with Gasteiger partial charge in [0.15, 0.2) is 0 Å². The Morgan fingerprint density at radius 2 is 2.23 bits per heavy atom. The minimum Gasteiger partial charge on any atom is -0.381 e. The fourth-order valence-corrected chi connectivity index (χ4v) is 2.36. The summed E-state index contributed by atoms with van der Waals surface area (Å²) in [4.78, 5) is 0. The number of ether oxygens (including phenoxy) is 1. The van der Waals surface area contributed by atoms with Gasteiger partial charge in [0.1, 0.15) is 0 Å². The number of rotatable bonds is 3. The second-order valence-electron chi connectivity index (χ2n) is 4.82. The van der Waals surface area contributed by atoms with Crippen LogP contribution in [0.5, 0.6) is 0 Å². The first kappa shape index (κ1) is 9.47. The molecule has 0 radical (unpaired) electrons. The second-order valence-corrected chi connectivity index (χ2v) is 4.82. The third kappa shape index (κ3) is 2.05. The maximum absolute atomic E-state index is 5.35. The topological polar surface area (TPSA) is 21.3 Å². The zero-order valence-electron chi connectivity index (χ0n) is 8.75. The third-order valence-corrected chi connectivity index (χ3v) is 3.85. The standard InChI is InChI=1S/C11H21NO/c1-8-5-11(9(8)2)12-6-10-3-4-13-7-10/h8-12H,3-7H2,1-2H3. The Balaban J connectivity index is 1.63. The van der Waals surface area contributed by atoms with Gasteiger partial charge in [-0.1, -0.05) is 13.8 Å². The van der Waals surface area contributed by atoms with E-state index < -0.39 is 0 Å². The average molecular weight is 183 g/mol. The van der Waals surface area contributed by atoms with E-state index in [0.29, 0.717) is 0 Å². The summed E-state index contributed by atoms with van der Waals surface area (Å²) in [6.07, 6.45) is 2.62. The molecule has 1 aliphatic heterocycles. The zero-order chi connectivity index (χ0) is 9.26. The van der Waals surface area contributed by atoms with Gasteiger partial charge >= 0.3 is 0 Å². The summed E-state index contributed by atoms with van der Waals surface area (Å²) >= 11 is 0. The number of nitrogens with one attached hydrogen (secondary N) is 1. The van der Waals surface area contributed by atoms with E-state index in [1.165, 1.54) is 19.4 Å². The smallest absolute Gasteiger partial charge is 0.0507 e. The molecule has 1 heterocycles. The van der Waals surface area contributed by atoms with Gasteiger partial charge in [0.2, 0.25) is 0 Å². The molecule has 76 valence electrons. The van der Waals surface area contributed by atoms with E-state index >= 15 is 0 Å². The highest BCUT2D eigenvalue weighted by Crippen LogP contribution is 2.33. The van der Waals surface area contributed by atoms with Crippen molar-refractivity contribution in [2.75, 3.05) is 19.8 Å². The normalized spacial score (nSPS) is 44.8. The van der Waals surface area contributed by atoms with Gasteiger partial charge < -0.3 is 10.1 Å². The highest BCUT2D eigenvalue weighted by molar-refractivity contribution is 4.89. The van der Waals surface area contributed by atoms with E-state index in [1.54, 1.807) is 0 Å². The van der Waals surface area contributed by atoms with Crippen molar-refractivity contribution in [1.82, 2.24) is 5.32 Å². The van der Waals surface area contributed by atoms with Crippen LogP contribution in [0.2, 0.25) is 0 Å². The van der Waals surface area contributed by atoms with Gasteiger partial charge in [0, 0.05) is 19.2 Å². The lowest BCUT2D eigenvalue weighted by atomic mass is 9.71. The molecule has 4 unspecified atom stereocenters. The predicted octanol–water partition coefficient (Wildman–Crippen LogP) is 1.66. The summed E-state index contributed by atoms with van der Waals surface area (Å²) in [6, 6.07) is 0.788. The first-order chi connectivity index (χ1) is 6.27. The minimum atomic E-state index is 0.781. The van der Waals surface area contributed by atoms with Crippen LogP contribution in [0.15, 0.2) is 0 Å².